The Labute approximate surface area is 107 Å². The van der Waals surface area contributed by atoms with Crippen LogP contribution in [0, 0.1) is 6.92 Å². The molecule has 0 fully saturated rings. The van der Waals surface area contributed by atoms with Gasteiger partial charge in [0.15, 0.2) is 12.2 Å². The van der Waals surface area contributed by atoms with Gasteiger partial charge < -0.3 is 9.73 Å². The van der Waals surface area contributed by atoms with Crippen molar-refractivity contribution in [2.75, 3.05) is 0 Å². The van der Waals surface area contributed by atoms with E-state index in [2.05, 4.69) is 36.2 Å². The molecular formula is C13H20N4O. The summed E-state index contributed by atoms with van der Waals surface area (Å²) in [6.07, 6.45) is 1.50. The Kier molecular flexibility index (Phi) is 3.81. The van der Waals surface area contributed by atoms with Crippen LogP contribution < -0.4 is 5.32 Å². The van der Waals surface area contributed by atoms with Crippen molar-refractivity contribution in [1.29, 1.82) is 0 Å². The Morgan fingerprint density at radius 3 is 2.89 bits per heavy atom. The third kappa shape index (κ3) is 2.61. The van der Waals surface area contributed by atoms with Crippen LogP contribution in [0.3, 0.4) is 0 Å². The van der Waals surface area contributed by atoms with Crippen LogP contribution in [-0.2, 0) is 13.1 Å². The summed E-state index contributed by atoms with van der Waals surface area (Å²) in [6.45, 7) is 9.80. The molecule has 98 valence electrons. The number of nitrogens with one attached hydrogen (secondary N) is 1. The van der Waals surface area contributed by atoms with Gasteiger partial charge in [0.25, 0.3) is 0 Å². The van der Waals surface area contributed by atoms with Gasteiger partial charge in [-0.2, -0.15) is 5.10 Å². The molecule has 5 heteroatoms. The van der Waals surface area contributed by atoms with Crippen molar-refractivity contribution in [1.82, 2.24) is 20.1 Å². The zero-order valence-electron chi connectivity index (χ0n) is 11.4. The minimum absolute atomic E-state index is 0.423. The molecular weight excluding hydrogens is 228 g/mol. The van der Waals surface area contributed by atoms with Crippen molar-refractivity contribution in [3.8, 4) is 11.5 Å². The first-order valence-corrected chi connectivity index (χ1v) is 6.32. The van der Waals surface area contributed by atoms with E-state index in [4.69, 9.17) is 4.42 Å². The van der Waals surface area contributed by atoms with Crippen molar-refractivity contribution >= 4 is 0 Å². The molecule has 1 N–H and O–H groups in total. The quantitative estimate of drug-likeness (QED) is 0.882. The molecule has 0 unspecified atom stereocenters. The standard InChI is InChI=1S/C13H20N4O/c1-5-17-12(6-10(4)16-17)13-11(15-8-18-13)7-14-9(2)3/h6,8-9,14H,5,7H2,1-4H3. The van der Waals surface area contributed by atoms with Crippen molar-refractivity contribution in [3.63, 3.8) is 0 Å². The summed E-state index contributed by atoms with van der Waals surface area (Å²) in [5.41, 5.74) is 2.91. The number of rotatable bonds is 5. The molecule has 0 saturated carbocycles. The number of aromatic nitrogens is 3. The van der Waals surface area contributed by atoms with Crippen LogP contribution in [0.1, 0.15) is 32.2 Å². The zero-order valence-corrected chi connectivity index (χ0v) is 11.4. The van der Waals surface area contributed by atoms with Gasteiger partial charge in [0.1, 0.15) is 11.4 Å². The molecule has 0 bridgehead atoms. The molecule has 0 atom stereocenters. The lowest BCUT2D eigenvalue weighted by Crippen LogP contribution is -2.22. The van der Waals surface area contributed by atoms with E-state index in [1.54, 1.807) is 0 Å². The van der Waals surface area contributed by atoms with Gasteiger partial charge in [-0.15, -0.1) is 0 Å². The molecule has 0 aliphatic heterocycles. The van der Waals surface area contributed by atoms with Gasteiger partial charge in [-0.25, -0.2) is 4.98 Å². The molecule has 18 heavy (non-hydrogen) atoms. The molecule has 0 radical (unpaired) electrons. The number of hydrogen-bond donors (Lipinski definition) is 1. The van der Waals surface area contributed by atoms with E-state index in [0.717, 1.165) is 29.4 Å². The van der Waals surface area contributed by atoms with Crippen LogP contribution in [0.2, 0.25) is 0 Å². The molecule has 5 nitrogen and oxygen atoms in total. The van der Waals surface area contributed by atoms with E-state index in [0.29, 0.717) is 12.6 Å². The van der Waals surface area contributed by atoms with E-state index in [1.807, 2.05) is 17.7 Å². The van der Waals surface area contributed by atoms with E-state index in [-0.39, 0.29) is 0 Å². The van der Waals surface area contributed by atoms with Crippen LogP contribution >= 0.6 is 0 Å². The van der Waals surface area contributed by atoms with Gasteiger partial charge in [-0.05, 0) is 19.9 Å². The fraction of sp³-hybridized carbons (Fsp3) is 0.538. The summed E-state index contributed by atoms with van der Waals surface area (Å²) in [6, 6.07) is 2.45. The molecule has 0 aliphatic rings. The van der Waals surface area contributed by atoms with Gasteiger partial charge in [0.2, 0.25) is 0 Å². The number of aryl methyl sites for hydroxylation is 2. The smallest absolute Gasteiger partial charge is 0.181 e. The lowest BCUT2D eigenvalue weighted by molar-refractivity contribution is 0.550. The lowest BCUT2D eigenvalue weighted by atomic mass is 10.2. The third-order valence-electron chi connectivity index (χ3n) is 2.75. The lowest BCUT2D eigenvalue weighted by Gasteiger charge is -2.07. The highest BCUT2D eigenvalue weighted by molar-refractivity contribution is 5.55. The van der Waals surface area contributed by atoms with Gasteiger partial charge in [0, 0.05) is 19.1 Å². The topological polar surface area (TPSA) is 55.9 Å². The van der Waals surface area contributed by atoms with Gasteiger partial charge in [-0.1, -0.05) is 13.8 Å². The van der Waals surface area contributed by atoms with Gasteiger partial charge >= 0.3 is 0 Å². The molecule has 0 spiro atoms. The van der Waals surface area contributed by atoms with Gasteiger partial charge in [0.05, 0.1) is 5.69 Å². The monoisotopic (exact) mass is 248 g/mol. The summed E-state index contributed by atoms with van der Waals surface area (Å²) in [7, 11) is 0. The average Bonchev–Trinajstić information content (AvgIpc) is 2.91. The Balaban J connectivity index is 2.30. The highest BCUT2D eigenvalue weighted by atomic mass is 16.3. The number of oxazole rings is 1. The van der Waals surface area contributed by atoms with Crippen LogP contribution in [0.4, 0.5) is 0 Å². The molecule has 2 rings (SSSR count). The highest BCUT2D eigenvalue weighted by Gasteiger charge is 2.16. The first-order chi connectivity index (χ1) is 8.61. The van der Waals surface area contributed by atoms with Crippen LogP contribution in [0.15, 0.2) is 16.9 Å². The molecule has 2 aromatic heterocycles. The molecule has 0 saturated heterocycles. The van der Waals surface area contributed by atoms with Crippen LogP contribution in [0.25, 0.3) is 11.5 Å². The first kappa shape index (κ1) is 12.8. The summed E-state index contributed by atoms with van der Waals surface area (Å²) in [5, 5.41) is 7.78. The van der Waals surface area contributed by atoms with Gasteiger partial charge in [-0.3, -0.25) is 4.68 Å². The molecule has 0 amide bonds. The molecule has 0 aliphatic carbocycles. The summed E-state index contributed by atoms with van der Waals surface area (Å²) in [4.78, 5) is 4.28. The summed E-state index contributed by atoms with van der Waals surface area (Å²) < 4.78 is 7.47. The number of hydrogen-bond acceptors (Lipinski definition) is 4. The maximum absolute atomic E-state index is 5.53. The molecule has 2 heterocycles. The van der Waals surface area contributed by atoms with E-state index in [9.17, 15) is 0 Å². The largest absolute Gasteiger partial charge is 0.442 e. The predicted molar refractivity (Wildman–Crippen MR) is 70.1 cm³/mol. The van der Waals surface area contributed by atoms with Crippen LogP contribution in [-0.4, -0.2) is 20.8 Å². The predicted octanol–water partition coefficient (Wildman–Crippen LogP) is 2.36. The second-order valence-electron chi connectivity index (χ2n) is 4.65. The van der Waals surface area contributed by atoms with Crippen LogP contribution in [0.5, 0.6) is 0 Å². The minimum Gasteiger partial charge on any atom is -0.442 e. The Morgan fingerprint density at radius 2 is 2.22 bits per heavy atom. The highest BCUT2D eigenvalue weighted by Crippen LogP contribution is 2.24. The normalized spacial score (nSPS) is 11.4. The second kappa shape index (κ2) is 5.35. The van der Waals surface area contributed by atoms with Crippen molar-refractivity contribution < 1.29 is 4.42 Å². The third-order valence-corrected chi connectivity index (χ3v) is 2.75. The minimum atomic E-state index is 0.423. The van der Waals surface area contributed by atoms with Crippen molar-refractivity contribution in [2.24, 2.45) is 0 Å². The van der Waals surface area contributed by atoms with E-state index >= 15 is 0 Å². The van der Waals surface area contributed by atoms with Crippen molar-refractivity contribution in [2.45, 2.75) is 46.8 Å². The maximum Gasteiger partial charge on any atom is 0.181 e. The maximum atomic E-state index is 5.53. The Hall–Kier alpha value is -1.62. The average molecular weight is 248 g/mol. The first-order valence-electron chi connectivity index (χ1n) is 6.32. The fourth-order valence-corrected chi connectivity index (χ4v) is 1.87. The Bertz CT molecular complexity index is 513. The SMILES string of the molecule is CCn1nc(C)cc1-c1ocnc1CNC(C)C. The summed E-state index contributed by atoms with van der Waals surface area (Å²) in [5.74, 6) is 0.811. The molecule has 2 aromatic rings. The Morgan fingerprint density at radius 1 is 1.44 bits per heavy atom. The molecule has 0 aromatic carbocycles. The zero-order chi connectivity index (χ0) is 13.1. The number of nitrogens with zero attached hydrogens (tertiary/aromatic N) is 3. The summed E-state index contributed by atoms with van der Waals surface area (Å²) >= 11 is 0. The second-order valence-corrected chi connectivity index (χ2v) is 4.65. The van der Waals surface area contributed by atoms with E-state index < -0.39 is 0 Å². The van der Waals surface area contributed by atoms with Crippen molar-refractivity contribution in [3.05, 3.63) is 23.8 Å². The fourth-order valence-electron chi connectivity index (χ4n) is 1.87. The van der Waals surface area contributed by atoms with E-state index in [1.165, 1.54) is 6.39 Å².